The summed E-state index contributed by atoms with van der Waals surface area (Å²) >= 11 is 0. The topological polar surface area (TPSA) is 80.1 Å². The Morgan fingerprint density at radius 1 is 1.12 bits per heavy atom. The number of nitrogens with one attached hydrogen (secondary N) is 1. The van der Waals surface area contributed by atoms with Crippen molar-refractivity contribution in [1.29, 1.82) is 0 Å². The zero-order valence-electron chi connectivity index (χ0n) is 18.3. The summed E-state index contributed by atoms with van der Waals surface area (Å²) in [5, 5.41) is 8.31. The number of amides is 2. The van der Waals surface area contributed by atoms with Gasteiger partial charge in [0.1, 0.15) is 5.82 Å². The van der Waals surface area contributed by atoms with E-state index >= 15 is 0 Å². The van der Waals surface area contributed by atoms with Crippen LogP contribution >= 0.6 is 0 Å². The van der Waals surface area contributed by atoms with Gasteiger partial charge in [-0.3, -0.25) is 14.3 Å². The number of aryl methyl sites for hydroxylation is 1. The quantitative estimate of drug-likeness (QED) is 0.682. The van der Waals surface area contributed by atoms with Crippen molar-refractivity contribution in [2.75, 3.05) is 20.1 Å². The van der Waals surface area contributed by atoms with Crippen molar-refractivity contribution in [2.45, 2.75) is 37.5 Å². The maximum Gasteiger partial charge on any atom is 0.253 e. The summed E-state index contributed by atoms with van der Waals surface area (Å²) in [6.07, 6.45) is 3.90. The molecule has 166 valence electrons. The molecule has 2 aromatic heterocycles. The normalized spacial score (nSPS) is 18.7. The molecule has 1 saturated carbocycles. The lowest BCUT2D eigenvalue weighted by Crippen LogP contribution is -2.39. The van der Waals surface area contributed by atoms with Gasteiger partial charge in [0.2, 0.25) is 0 Å². The van der Waals surface area contributed by atoms with Gasteiger partial charge < -0.3 is 10.2 Å². The van der Waals surface area contributed by atoms with E-state index in [1.165, 1.54) is 24.3 Å². The molecular weight excluding hydrogens is 409 g/mol. The zero-order chi connectivity index (χ0) is 22.4. The smallest absolute Gasteiger partial charge is 0.253 e. The average molecular weight is 436 g/mol. The van der Waals surface area contributed by atoms with Gasteiger partial charge in [0.05, 0.1) is 16.6 Å². The van der Waals surface area contributed by atoms with Gasteiger partial charge >= 0.3 is 0 Å². The highest BCUT2D eigenvalue weighted by Gasteiger charge is 2.33. The number of carbonyl (C=O) groups is 2. The number of halogens is 1. The van der Waals surface area contributed by atoms with E-state index in [0.717, 1.165) is 42.5 Å². The highest BCUT2D eigenvalue weighted by molar-refractivity contribution is 6.06. The van der Waals surface area contributed by atoms with Gasteiger partial charge in [-0.15, -0.1) is 0 Å². The number of benzene rings is 1. The molecule has 2 aliphatic rings. The molecule has 1 aliphatic carbocycles. The lowest BCUT2D eigenvalue weighted by Gasteiger charge is -2.32. The molecule has 1 atom stereocenters. The van der Waals surface area contributed by atoms with Crippen molar-refractivity contribution in [3.05, 3.63) is 58.7 Å². The van der Waals surface area contributed by atoms with Crippen molar-refractivity contribution in [2.24, 2.45) is 7.05 Å². The van der Waals surface area contributed by atoms with Crippen LogP contribution in [0.2, 0.25) is 0 Å². The number of nitrogens with zero attached hydrogens (tertiary/aromatic N) is 4. The Balaban J connectivity index is 1.51. The Morgan fingerprint density at radius 2 is 1.88 bits per heavy atom. The number of pyridine rings is 1. The van der Waals surface area contributed by atoms with Crippen LogP contribution in [0.4, 0.5) is 4.39 Å². The number of carbonyl (C=O) groups excluding carboxylic acids is 2. The van der Waals surface area contributed by atoms with E-state index in [0.29, 0.717) is 35.8 Å². The number of piperidine rings is 1. The van der Waals surface area contributed by atoms with E-state index in [1.807, 2.05) is 13.1 Å². The fourth-order valence-corrected chi connectivity index (χ4v) is 4.64. The van der Waals surface area contributed by atoms with Gasteiger partial charge in [0, 0.05) is 50.3 Å². The number of aromatic nitrogens is 3. The average Bonchev–Trinajstić information content (AvgIpc) is 3.62. The molecule has 32 heavy (non-hydrogen) atoms. The first-order chi connectivity index (χ1) is 15.5. The van der Waals surface area contributed by atoms with Crippen LogP contribution < -0.4 is 5.32 Å². The largest absolute Gasteiger partial charge is 0.355 e. The Hall–Kier alpha value is -3.29. The van der Waals surface area contributed by atoms with E-state index < -0.39 is 0 Å². The van der Waals surface area contributed by atoms with Gasteiger partial charge in [-0.2, -0.15) is 5.10 Å². The third-order valence-electron chi connectivity index (χ3n) is 6.49. The molecule has 0 bridgehead atoms. The van der Waals surface area contributed by atoms with Crippen molar-refractivity contribution in [3.63, 3.8) is 0 Å². The highest BCUT2D eigenvalue weighted by Crippen LogP contribution is 2.41. The summed E-state index contributed by atoms with van der Waals surface area (Å²) in [6.45, 7) is 1.14. The van der Waals surface area contributed by atoms with Crippen LogP contribution in [-0.2, 0) is 7.05 Å². The lowest BCUT2D eigenvalue weighted by molar-refractivity contribution is 0.0705. The van der Waals surface area contributed by atoms with Gasteiger partial charge in [0.15, 0.2) is 5.65 Å². The second kappa shape index (κ2) is 8.00. The number of likely N-dealkylation sites (tertiary alicyclic amines) is 1. The van der Waals surface area contributed by atoms with Crippen molar-refractivity contribution >= 4 is 22.8 Å². The van der Waals surface area contributed by atoms with Crippen molar-refractivity contribution < 1.29 is 14.0 Å². The Kier molecular flexibility index (Phi) is 5.15. The number of fused-ring (bicyclic) bond motifs is 1. The van der Waals surface area contributed by atoms with Crippen LogP contribution in [0.15, 0.2) is 30.3 Å². The maximum atomic E-state index is 13.3. The summed E-state index contributed by atoms with van der Waals surface area (Å²) in [7, 11) is 3.48. The minimum atomic E-state index is -0.363. The first-order valence-electron chi connectivity index (χ1n) is 11.1. The van der Waals surface area contributed by atoms with Gasteiger partial charge in [-0.25, -0.2) is 9.37 Å². The predicted molar refractivity (Wildman–Crippen MR) is 118 cm³/mol. The molecule has 5 rings (SSSR count). The SMILES string of the molecule is CNC(=O)c1cc(C2CC2)nc2c1c(C1CCCN(C(=O)c3ccc(F)cc3)C1)nn2C. The molecule has 1 N–H and O–H groups in total. The van der Waals surface area contributed by atoms with E-state index in [2.05, 4.69) is 5.32 Å². The first-order valence-corrected chi connectivity index (χ1v) is 11.1. The van der Waals surface area contributed by atoms with Gasteiger partial charge in [0.25, 0.3) is 11.8 Å². The van der Waals surface area contributed by atoms with Crippen LogP contribution in [0.1, 0.15) is 69.6 Å². The molecule has 0 spiro atoms. The summed E-state index contributed by atoms with van der Waals surface area (Å²) in [4.78, 5) is 32.4. The molecule has 0 radical (unpaired) electrons. The van der Waals surface area contributed by atoms with Crippen molar-refractivity contribution in [1.82, 2.24) is 25.0 Å². The lowest BCUT2D eigenvalue weighted by atomic mass is 9.91. The first kappa shape index (κ1) is 20.6. The molecule has 2 amide bonds. The number of rotatable bonds is 4. The van der Waals surface area contributed by atoms with Crippen molar-refractivity contribution in [3.8, 4) is 0 Å². The summed E-state index contributed by atoms with van der Waals surface area (Å²) in [5.41, 5.74) is 3.55. The van der Waals surface area contributed by atoms with Gasteiger partial charge in [-0.05, 0) is 56.0 Å². The van der Waals surface area contributed by atoms with E-state index in [4.69, 9.17) is 10.1 Å². The minimum absolute atomic E-state index is 0.00571. The Labute approximate surface area is 185 Å². The standard InChI is InChI=1S/C24H26FN5O2/c1-26-23(31)18-12-19(14-5-6-14)27-22-20(18)21(28-29(22)2)16-4-3-11-30(13-16)24(32)15-7-9-17(25)10-8-15/h7-10,12,14,16H,3-6,11,13H2,1-2H3,(H,26,31). The molecule has 1 saturated heterocycles. The minimum Gasteiger partial charge on any atom is -0.355 e. The molecule has 3 heterocycles. The fraction of sp³-hybridized carbons (Fsp3) is 0.417. The Bertz CT molecular complexity index is 1200. The molecule has 1 aliphatic heterocycles. The fourth-order valence-electron chi connectivity index (χ4n) is 4.64. The Morgan fingerprint density at radius 3 is 2.56 bits per heavy atom. The molecule has 1 unspecified atom stereocenters. The summed E-state index contributed by atoms with van der Waals surface area (Å²) in [5.74, 6) is -0.217. The highest BCUT2D eigenvalue weighted by atomic mass is 19.1. The van der Waals surface area contributed by atoms with Crippen LogP contribution in [0.25, 0.3) is 11.0 Å². The second-order valence-electron chi connectivity index (χ2n) is 8.75. The molecule has 1 aromatic carbocycles. The number of hydrogen-bond donors (Lipinski definition) is 1. The van der Waals surface area contributed by atoms with Gasteiger partial charge in [-0.1, -0.05) is 0 Å². The zero-order valence-corrected chi connectivity index (χ0v) is 18.3. The maximum absolute atomic E-state index is 13.3. The number of hydrogen-bond acceptors (Lipinski definition) is 4. The van der Waals surface area contributed by atoms with Crippen LogP contribution in [0, 0.1) is 5.82 Å². The van der Waals surface area contributed by atoms with Crippen LogP contribution in [-0.4, -0.2) is 51.6 Å². The monoisotopic (exact) mass is 435 g/mol. The predicted octanol–water partition coefficient (Wildman–Crippen LogP) is 3.36. The molecule has 7 nitrogen and oxygen atoms in total. The molecule has 8 heteroatoms. The van der Waals surface area contributed by atoms with E-state index in [1.54, 1.807) is 16.6 Å². The van der Waals surface area contributed by atoms with E-state index in [-0.39, 0.29) is 23.5 Å². The third kappa shape index (κ3) is 3.63. The van der Waals surface area contributed by atoms with Crippen LogP contribution in [0.5, 0.6) is 0 Å². The second-order valence-corrected chi connectivity index (χ2v) is 8.75. The van der Waals surface area contributed by atoms with E-state index in [9.17, 15) is 14.0 Å². The molecule has 3 aromatic rings. The third-order valence-corrected chi connectivity index (χ3v) is 6.49. The summed E-state index contributed by atoms with van der Waals surface area (Å²) < 4.78 is 15.0. The van der Waals surface area contributed by atoms with Crippen LogP contribution in [0.3, 0.4) is 0 Å². The molecule has 2 fully saturated rings. The summed E-state index contributed by atoms with van der Waals surface area (Å²) in [6, 6.07) is 7.56. The molecular formula is C24H26FN5O2.